The van der Waals surface area contributed by atoms with Crippen molar-refractivity contribution in [2.45, 2.75) is 6.92 Å². The zero-order chi connectivity index (χ0) is 15.4. The number of hydrogen-bond acceptors (Lipinski definition) is 3. The minimum atomic E-state index is -0.845. The number of nitrogens with two attached hydrogens (primary N) is 1. The second-order valence-electron chi connectivity index (χ2n) is 4.24. The van der Waals surface area contributed by atoms with Crippen LogP contribution in [0.5, 0.6) is 5.75 Å². The first-order valence-electron chi connectivity index (χ1n) is 6.30. The number of nitrogens with one attached hydrogen (secondary N) is 1. The molecule has 0 aliphatic carbocycles. The molecule has 0 aliphatic heterocycles. The number of benzene rings is 2. The summed E-state index contributed by atoms with van der Waals surface area (Å²) in [6, 6.07) is 7.73. The Labute approximate surface area is 120 Å². The summed E-state index contributed by atoms with van der Waals surface area (Å²) in [6.07, 6.45) is 0. The molecule has 0 fully saturated rings. The van der Waals surface area contributed by atoms with Gasteiger partial charge in [-0.05, 0) is 37.3 Å². The molecule has 0 radical (unpaired) electrons. The smallest absolute Gasteiger partial charge is 0.255 e. The Balaban J connectivity index is 2.23. The van der Waals surface area contributed by atoms with Gasteiger partial charge in [0, 0.05) is 5.56 Å². The van der Waals surface area contributed by atoms with E-state index in [4.69, 9.17) is 10.5 Å². The quantitative estimate of drug-likeness (QED) is 0.851. The lowest BCUT2D eigenvalue weighted by Gasteiger charge is -2.10. The van der Waals surface area contributed by atoms with Crippen LogP contribution in [0, 0.1) is 11.6 Å². The molecule has 21 heavy (non-hydrogen) atoms. The predicted molar refractivity (Wildman–Crippen MR) is 76.3 cm³/mol. The molecule has 0 bridgehead atoms. The van der Waals surface area contributed by atoms with Crippen molar-refractivity contribution in [2.75, 3.05) is 17.7 Å². The van der Waals surface area contributed by atoms with Crippen molar-refractivity contribution in [3.8, 4) is 5.75 Å². The van der Waals surface area contributed by atoms with Crippen LogP contribution in [0.15, 0.2) is 36.4 Å². The van der Waals surface area contributed by atoms with Gasteiger partial charge >= 0.3 is 0 Å². The van der Waals surface area contributed by atoms with Crippen LogP contribution < -0.4 is 15.8 Å². The monoisotopic (exact) mass is 292 g/mol. The first-order valence-corrected chi connectivity index (χ1v) is 6.30. The maximum atomic E-state index is 13.5. The number of carbonyl (C=O) groups excluding carboxylic acids is 1. The van der Waals surface area contributed by atoms with E-state index in [1.807, 2.05) is 0 Å². The highest BCUT2D eigenvalue weighted by molar-refractivity contribution is 6.05. The molecule has 1 amide bonds. The van der Waals surface area contributed by atoms with E-state index in [1.165, 1.54) is 24.3 Å². The number of rotatable bonds is 4. The fourth-order valence-electron chi connectivity index (χ4n) is 1.78. The number of anilines is 2. The minimum Gasteiger partial charge on any atom is -0.492 e. The topological polar surface area (TPSA) is 64.3 Å². The first-order chi connectivity index (χ1) is 10.0. The molecule has 0 aromatic heterocycles. The van der Waals surface area contributed by atoms with E-state index in [9.17, 15) is 13.6 Å². The van der Waals surface area contributed by atoms with Crippen molar-refractivity contribution >= 4 is 17.3 Å². The van der Waals surface area contributed by atoms with Gasteiger partial charge in [-0.1, -0.05) is 6.07 Å². The lowest BCUT2D eigenvalue weighted by Crippen LogP contribution is -2.14. The summed E-state index contributed by atoms with van der Waals surface area (Å²) in [6.45, 7) is 2.25. The molecular formula is C15H14F2N2O2. The largest absolute Gasteiger partial charge is 0.492 e. The number of nitrogen functional groups attached to an aromatic ring is 1. The van der Waals surface area contributed by atoms with Gasteiger partial charge in [0.25, 0.3) is 5.91 Å². The first kappa shape index (κ1) is 14.8. The van der Waals surface area contributed by atoms with E-state index in [0.717, 1.165) is 12.1 Å². The van der Waals surface area contributed by atoms with Crippen molar-refractivity contribution in [3.63, 3.8) is 0 Å². The van der Waals surface area contributed by atoms with Crippen LogP contribution in [-0.2, 0) is 0 Å². The third-order valence-corrected chi connectivity index (χ3v) is 2.77. The zero-order valence-corrected chi connectivity index (χ0v) is 11.3. The molecule has 4 nitrogen and oxygen atoms in total. The van der Waals surface area contributed by atoms with Crippen LogP contribution in [0.1, 0.15) is 17.3 Å². The Morgan fingerprint density at radius 3 is 2.48 bits per heavy atom. The van der Waals surface area contributed by atoms with Gasteiger partial charge in [-0.25, -0.2) is 8.78 Å². The summed E-state index contributed by atoms with van der Waals surface area (Å²) in [5.74, 6) is -1.90. The van der Waals surface area contributed by atoms with Crippen LogP contribution in [0.2, 0.25) is 0 Å². The van der Waals surface area contributed by atoms with Crippen molar-refractivity contribution in [3.05, 3.63) is 53.6 Å². The highest BCUT2D eigenvalue weighted by Gasteiger charge is 2.14. The SMILES string of the molecule is CCOc1ccc(C(=O)Nc2c(F)cccc2F)cc1N. The third-order valence-electron chi connectivity index (χ3n) is 2.77. The molecule has 110 valence electrons. The summed E-state index contributed by atoms with van der Waals surface area (Å²) in [4.78, 5) is 12.0. The Kier molecular flexibility index (Phi) is 4.37. The van der Waals surface area contributed by atoms with Crippen molar-refractivity contribution in [1.29, 1.82) is 0 Å². The maximum absolute atomic E-state index is 13.5. The Hall–Kier alpha value is -2.63. The summed E-state index contributed by atoms with van der Waals surface area (Å²) in [5.41, 5.74) is 5.71. The van der Waals surface area contributed by atoms with E-state index in [0.29, 0.717) is 12.4 Å². The molecule has 0 spiro atoms. The van der Waals surface area contributed by atoms with Gasteiger partial charge in [-0.3, -0.25) is 4.79 Å². The van der Waals surface area contributed by atoms with E-state index in [1.54, 1.807) is 6.92 Å². The number of hydrogen-bond donors (Lipinski definition) is 2. The minimum absolute atomic E-state index is 0.179. The Morgan fingerprint density at radius 1 is 1.24 bits per heavy atom. The number of halogens is 2. The number of para-hydroxylation sites is 1. The molecule has 0 saturated carbocycles. The van der Waals surface area contributed by atoms with E-state index < -0.39 is 23.2 Å². The van der Waals surface area contributed by atoms with Gasteiger partial charge in [0.1, 0.15) is 23.1 Å². The molecule has 2 aromatic rings. The second-order valence-corrected chi connectivity index (χ2v) is 4.24. The van der Waals surface area contributed by atoms with Crippen molar-refractivity contribution in [2.24, 2.45) is 0 Å². The van der Waals surface area contributed by atoms with Crippen LogP contribution >= 0.6 is 0 Å². The third kappa shape index (κ3) is 3.28. The Bertz CT molecular complexity index is 654. The van der Waals surface area contributed by atoms with Crippen LogP contribution in [0.3, 0.4) is 0 Å². The fourth-order valence-corrected chi connectivity index (χ4v) is 1.78. The molecule has 3 N–H and O–H groups in total. The van der Waals surface area contributed by atoms with Gasteiger partial charge in [0.15, 0.2) is 0 Å². The summed E-state index contributed by atoms with van der Waals surface area (Å²) < 4.78 is 32.2. The summed E-state index contributed by atoms with van der Waals surface area (Å²) in [5, 5.41) is 2.19. The second kappa shape index (κ2) is 6.21. The molecule has 2 rings (SSSR count). The standard InChI is InChI=1S/C15H14F2N2O2/c1-2-21-13-7-6-9(8-12(13)18)15(20)19-14-10(16)4-3-5-11(14)17/h3-8H,2,18H2,1H3,(H,19,20). The highest BCUT2D eigenvalue weighted by atomic mass is 19.1. The fraction of sp³-hybridized carbons (Fsp3) is 0.133. The average molecular weight is 292 g/mol. The van der Waals surface area contributed by atoms with Gasteiger partial charge in [0.05, 0.1) is 12.3 Å². The molecule has 0 saturated heterocycles. The molecule has 6 heteroatoms. The van der Waals surface area contributed by atoms with Gasteiger partial charge in [-0.2, -0.15) is 0 Å². The number of ether oxygens (including phenoxy) is 1. The molecule has 0 heterocycles. The zero-order valence-electron chi connectivity index (χ0n) is 11.3. The Morgan fingerprint density at radius 2 is 1.90 bits per heavy atom. The average Bonchev–Trinajstić information content (AvgIpc) is 2.45. The normalized spacial score (nSPS) is 10.2. The van der Waals surface area contributed by atoms with E-state index >= 15 is 0 Å². The summed E-state index contributed by atoms with van der Waals surface area (Å²) >= 11 is 0. The molecule has 2 aromatic carbocycles. The van der Waals surface area contributed by atoms with Gasteiger partial charge in [0.2, 0.25) is 0 Å². The molecular weight excluding hydrogens is 278 g/mol. The molecule has 0 aliphatic rings. The van der Waals surface area contributed by atoms with Crippen molar-refractivity contribution < 1.29 is 18.3 Å². The molecule has 0 atom stereocenters. The lowest BCUT2D eigenvalue weighted by molar-refractivity contribution is 0.102. The van der Waals surface area contributed by atoms with Crippen LogP contribution in [0.25, 0.3) is 0 Å². The number of amides is 1. The number of carbonyl (C=O) groups is 1. The maximum Gasteiger partial charge on any atom is 0.255 e. The van der Waals surface area contributed by atoms with Crippen molar-refractivity contribution in [1.82, 2.24) is 0 Å². The van der Waals surface area contributed by atoms with E-state index in [-0.39, 0.29) is 11.3 Å². The predicted octanol–water partition coefficient (Wildman–Crippen LogP) is 3.20. The van der Waals surface area contributed by atoms with Crippen LogP contribution in [0.4, 0.5) is 20.2 Å². The van der Waals surface area contributed by atoms with E-state index in [2.05, 4.69) is 5.32 Å². The highest BCUT2D eigenvalue weighted by Crippen LogP contribution is 2.24. The molecule has 0 unspecified atom stereocenters. The lowest BCUT2D eigenvalue weighted by atomic mass is 10.1. The van der Waals surface area contributed by atoms with Gasteiger partial charge in [-0.15, -0.1) is 0 Å². The summed E-state index contributed by atoms with van der Waals surface area (Å²) in [7, 11) is 0. The van der Waals surface area contributed by atoms with Crippen LogP contribution in [-0.4, -0.2) is 12.5 Å². The van der Waals surface area contributed by atoms with Gasteiger partial charge < -0.3 is 15.8 Å².